The van der Waals surface area contributed by atoms with Crippen molar-refractivity contribution in [3.05, 3.63) is 29.8 Å². The normalized spacial score (nSPS) is 12.2. The van der Waals surface area contributed by atoms with Gasteiger partial charge in [0, 0.05) is 20.2 Å². The minimum atomic E-state index is -0.678. The third-order valence-corrected chi connectivity index (χ3v) is 2.96. The number of carbonyl (C=O) groups excluding carboxylic acids is 1. The molecule has 0 fully saturated rings. The van der Waals surface area contributed by atoms with Crippen LogP contribution in [0, 0.1) is 0 Å². The fraction of sp³-hybridized carbons (Fsp3) is 0.500. The SMILES string of the molecule is COCCN(CCO)C(=O)[C@H](N)Cc1ccc(O)cc1. The Balaban J connectivity index is 2.60. The van der Waals surface area contributed by atoms with Crippen LogP contribution in [-0.2, 0) is 16.0 Å². The number of nitrogens with zero attached hydrogens (tertiary/aromatic N) is 1. The van der Waals surface area contributed by atoms with Gasteiger partial charge < -0.3 is 25.6 Å². The zero-order valence-electron chi connectivity index (χ0n) is 11.7. The van der Waals surface area contributed by atoms with E-state index in [1.807, 2.05) is 0 Å². The number of ether oxygens (including phenoxy) is 1. The molecule has 0 radical (unpaired) electrons. The number of rotatable bonds is 8. The minimum Gasteiger partial charge on any atom is -0.508 e. The van der Waals surface area contributed by atoms with E-state index < -0.39 is 6.04 Å². The number of nitrogens with two attached hydrogens (primary N) is 1. The van der Waals surface area contributed by atoms with Crippen LogP contribution in [0.25, 0.3) is 0 Å². The van der Waals surface area contributed by atoms with Crippen LogP contribution in [0.5, 0.6) is 5.75 Å². The Kier molecular flexibility index (Phi) is 7.00. The Bertz CT molecular complexity index is 408. The topological polar surface area (TPSA) is 96.0 Å². The molecule has 0 aromatic heterocycles. The molecule has 1 atom stereocenters. The van der Waals surface area contributed by atoms with Gasteiger partial charge >= 0.3 is 0 Å². The molecule has 6 nitrogen and oxygen atoms in total. The molecule has 4 N–H and O–H groups in total. The van der Waals surface area contributed by atoms with Crippen LogP contribution < -0.4 is 5.73 Å². The summed E-state index contributed by atoms with van der Waals surface area (Å²) < 4.78 is 4.94. The van der Waals surface area contributed by atoms with Crippen molar-refractivity contribution < 1.29 is 19.7 Å². The Hall–Kier alpha value is -1.63. The van der Waals surface area contributed by atoms with Gasteiger partial charge in [0.2, 0.25) is 5.91 Å². The van der Waals surface area contributed by atoms with Gasteiger partial charge in [-0.1, -0.05) is 12.1 Å². The molecule has 0 heterocycles. The lowest BCUT2D eigenvalue weighted by Crippen LogP contribution is -2.47. The molecule has 0 unspecified atom stereocenters. The third-order valence-electron chi connectivity index (χ3n) is 2.96. The zero-order chi connectivity index (χ0) is 15.0. The summed E-state index contributed by atoms with van der Waals surface area (Å²) in [6.07, 6.45) is 0.383. The molecule has 0 spiro atoms. The van der Waals surface area contributed by atoms with Crippen LogP contribution in [0.15, 0.2) is 24.3 Å². The lowest BCUT2D eigenvalue weighted by molar-refractivity contribution is -0.133. The first-order valence-electron chi connectivity index (χ1n) is 6.50. The van der Waals surface area contributed by atoms with Crippen LogP contribution in [-0.4, -0.2) is 60.5 Å². The van der Waals surface area contributed by atoms with Crippen molar-refractivity contribution in [2.45, 2.75) is 12.5 Å². The highest BCUT2D eigenvalue weighted by molar-refractivity contribution is 5.82. The lowest BCUT2D eigenvalue weighted by atomic mass is 10.1. The van der Waals surface area contributed by atoms with E-state index in [1.165, 1.54) is 4.90 Å². The van der Waals surface area contributed by atoms with E-state index in [0.717, 1.165) is 5.56 Å². The van der Waals surface area contributed by atoms with Gasteiger partial charge in [-0.3, -0.25) is 4.79 Å². The largest absolute Gasteiger partial charge is 0.508 e. The average Bonchev–Trinajstić information content (AvgIpc) is 2.45. The number of benzene rings is 1. The van der Waals surface area contributed by atoms with Gasteiger partial charge in [0.1, 0.15) is 5.75 Å². The Labute approximate surface area is 118 Å². The summed E-state index contributed by atoms with van der Waals surface area (Å²) in [4.78, 5) is 13.7. The first-order chi connectivity index (χ1) is 9.58. The average molecular weight is 282 g/mol. The van der Waals surface area contributed by atoms with Gasteiger partial charge in [-0.15, -0.1) is 0 Å². The van der Waals surface area contributed by atoms with E-state index in [2.05, 4.69) is 0 Å². The van der Waals surface area contributed by atoms with Crippen LogP contribution >= 0.6 is 0 Å². The number of aromatic hydroxyl groups is 1. The van der Waals surface area contributed by atoms with Crippen molar-refractivity contribution >= 4 is 5.91 Å². The van der Waals surface area contributed by atoms with E-state index in [4.69, 9.17) is 15.6 Å². The molecule has 20 heavy (non-hydrogen) atoms. The Morgan fingerprint density at radius 1 is 1.35 bits per heavy atom. The standard InChI is InChI=1S/C14H22N2O4/c1-20-9-7-16(6-8-17)14(19)13(15)10-11-2-4-12(18)5-3-11/h2-5,13,17-18H,6-10,15H2,1H3/t13-/m1/s1. The monoisotopic (exact) mass is 282 g/mol. The van der Waals surface area contributed by atoms with E-state index in [1.54, 1.807) is 31.4 Å². The number of hydrogen-bond donors (Lipinski definition) is 3. The molecule has 1 amide bonds. The first-order valence-corrected chi connectivity index (χ1v) is 6.50. The maximum atomic E-state index is 12.2. The molecule has 1 aromatic carbocycles. The molecule has 0 aliphatic heterocycles. The summed E-state index contributed by atoms with van der Waals surface area (Å²) in [6, 6.07) is 5.90. The molecule has 0 bridgehead atoms. The second-order valence-electron chi connectivity index (χ2n) is 4.52. The highest BCUT2D eigenvalue weighted by Crippen LogP contribution is 2.11. The van der Waals surface area contributed by atoms with Crippen molar-refractivity contribution in [3.8, 4) is 5.75 Å². The molecule has 0 saturated carbocycles. The number of carbonyl (C=O) groups is 1. The highest BCUT2D eigenvalue weighted by atomic mass is 16.5. The van der Waals surface area contributed by atoms with Gasteiger partial charge in [0.15, 0.2) is 0 Å². The lowest BCUT2D eigenvalue weighted by Gasteiger charge is -2.24. The molecular weight excluding hydrogens is 260 g/mol. The maximum absolute atomic E-state index is 12.2. The smallest absolute Gasteiger partial charge is 0.239 e. The van der Waals surface area contributed by atoms with E-state index in [0.29, 0.717) is 19.6 Å². The number of phenols is 1. The fourth-order valence-corrected chi connectivity index (χ4v) is 1.86. The van der Waals surface area contributed by atoms with Crippen molar-refractivity contribution in [1.29, 1.82) is 0 Å². The van der Waals surface area contributed by atoms with Gasteiger partial charge in [-0.2, -0.15) is 0 Å². The zero-order valence-corrected chi connectivity index (χ0v) is 11.7. The van der Waals surface area contributed by atoms with Crippen molar-refractivity contribution in [1.82, 2.24) is 4.90 Å². The van der Waals surface area contributed by atoms with Crippen molar-refractivity contribution in [3.63, 3.8) is 0 Å². The van der Waals surface area contributed by atoms with Crippen LogP contribution in [0.3, 0.4) is 0 Å². The highest BCUT2D eigenvalue weighted by Gasteiger charge is 2.20. The molecule has 0 aliphatic carbocycles. The first kappa shape index (κ1) is 16.4. The summed E-state index contributed by atoms with van der Waals surface area (Å²) in [7, 11) is 1.55. The predicted octanol–water partition coefficient (Wildman–Crippen LogP) is -0.271. The second-order valence-corrected chi connectivity index (χ2v) is 4.52. The molecule has 6 heteroatoms. The predicted molar refractivity (Wildman–Crippen MR) is 75.3 cm³/mol. The van der Waals surface area contributed by atoms with Gasteiger partial charge in [-0.25, -0.2) is 0 Å². The summed E-state index contributed by atoms with van der Waals surface area (Å²) in [5, 5.41) is 18.2. The second kappa shape index (κ2) is 8.52. The molecule has 1 rings (SSSR count). The Morgan fingerprint density at radius 3 is 2.55 bits per heavy atom. The number of methoxy groups -OCH3 is 1. The number of aliphatic hydroxyl groups is 1. The van der Waals surface area contributed by atoms with Crippen LogP contribution in [0.1, 0.15) is 5.56 Å². The Morgan fingerprint density at radius 2 is 2.00 bits per heavy atom. The van der Waals surface area contributed by atoms with E-state index in [9.17, 15) is 9.90 Å². The quantitative estimate of drug-likeness (QED) is 0.610. The number of phenolic OH excluding ortho intramolecular Hbond substituents is 1. The van der Waals surface area contributed by atoms with E-state index in [-0.39, 0.29) is 24.8 Å². The van der Waals surface area contributed by atoms with Gasteiger partial charge in [0.05, 0.1) is 19.3 Å². The molecule has 112 valence electrons. The summed E-state index contributed by atoms with van der Waals surface area (Å²) >= 11 is 0. The summed E-state index contributed by atoms with van der Waals surface area (Å²) in [6.45, 7) is 0.934. The summed E-state index contributed by atoms with van der Waals surface area (Å²) in [5.74, 6) is -0.0418. The van der Waals surface area contributed by atoms with E-state index >= 15 is 0 Å². The fourth-order valence-electron chi connectivity index (χ4n) is 1.86. The molecule has 0 aliphatic rings. The van der Waals surface area contributed by atoms with Gasteiger partial charge in [-0.05, 0) is 24.1 Å². The van der Waals surface area contributed by atoms with Crippen LogP contribution in [0.4, 0.5) is 0 Å². The maximum Gasteiger partial charge on any atom is 0.239 e. The number of amides is 1. The van der Waals surface area contributed by atoms with Crippen LogP contribution in [0.2, 0.25) is 0 Å². The molecule has 1 aromatic rings. The third kappa shape index (κ3) is 5.16. The van der Waals surface area contributed by atoms with Crippen molar-refractivity contribution in [2.75, 3.05) is 33.4 Å². The summed E-state index contributed by atoms with van der Waals surface area (Å²) in [5.41, 5.74) is 6.79. The molecular formula is C14H22N2O4. The minimum absolute atomic E-state index is 0.110. The van der Waals surface area contributed by atoms with Crippen molar-refractivity contribution in [2.24, 2.45) is 5.73 Å². The van der Waals surface area contributed by atoms with Gasteiger partial charge in [0.25, 0.3) is 0 Å². The number of aliphatic hydroxyl groups excluding tert-OH is 1. The number of hydrogen-bond acceptors (Lipinski definition) is 5. The molecule has 0 saturated heterocycles.